The Kier molecular flexibility index (Phi) is 2.94. The number of aromatic nitrogens is 3. The molecule has 1 atom stereocenters. The third-order valence-electron chi connectivity index (χ3n) is 3.04. The standard InChI is InChI=1S/C11H12Cl2N4/c12-9-6-10(13)17-11(15-9)5-8(16-17)7-3-1-2-4-14-7/h5-7,14H,1-4H2/t7-/m0/s1. The smallest absolute Gasteiger partial charge is 0.158 e. The first-order valence-electron chi connectivity index (χ1n) is 5.69. The molecule has 0 aliphatic carbocycles. The maximum absolute atomic E-state index is 6.07. The van der Waals surface area contributed by atoms with E-state index in [-0.39, 0.29) is 0 Å². The van der Waals surface area contributed by atoms with Gasteiger partial charge in [-0.1, -0.05) is 29.6 Å². The van der Waals surface area contributed by atoms with Gasteiger partial charge in [-0.05, 0) is 19.4 Å². The van der Waals surface area contributed by atoms with Crippen molar-refractivity contribution in [3.05, 3.63) is 28.1 Å². The first kappa shape index (κ1) is 11.3. The normalized spacial score (nSPS) is 20.9. The minimum Gasteiger partial charge on any atom is -0.309 e. The van der Waals surface area contributed by atoms with Gasteiger partial charge in [-0.25, -0.2) is 9.50 Å². The average Bonchev–Trinajstić information content (AvgIpc) is 2.74. The molecular formula is C11H12Cl2N4. The van der Waals surface area contributed by atoms with Crippen LogP contribution in [0, 0.1) is 0 Å². The molecule has 3 heterocycles. The van der Waals surface area contributed by atoms with Crippen LogP contribution in [0.4, 0.5) is 0 Å². The van der Waals surface area contributed by atoms with Gasteiger partial charge in [-0.2, -0.15) is 5.10 Å². The summed E-state index contributed by atoms with van der Waals surface area (Å²) in [5.41, 5.74) is 1.69. The van der Waals surface area contributed by atoms with Crippen LogP contribution in [0.3, 0.4) is 0 Å². The van der Waals surface area contributed by atoms with Crippen LogP contribution < -0.4 is 5.32 Å². The van der Waals surface area contributed by atoms with Crippen LogP contribution in [0.2, 0.25) is 10.3 Å². The zero-order valence-electron chi connectivity index (χ0n) is 9.16. The van der Waals surface area contributed by atoms with Crippen LogP contribution in [0.5, 0.6) is 0 Å². The molecule has 17 heavy (non-hydrogen) atoms. The van der Waals surface area contributed by atoms with E-state index in [0.717, 1.165) is 18.7 Å². The Morgan fingerprint density at radius 2 is 2.18 bits per heavy atom. The van der Waals surface area contributed by atoms with Gasteiger partial charge >= 0.3 is 0 Å². The van der Waals surface area contributed by atoms with Crippen molar-refractivity contribution in [2.24, 2.45) is 0 Å². The fourth-order valence-corrected chi connectivity index (χ4v) is 2.68. The molecule has 6 heteroatoms. The highest BCUT2D eigenvalue weighted by molar-refractivity contribution is 6.33. The molecule has 0 unspecified atom stereocenters. The first-order valence-corrected chi connectivity index (χ1v) is 6.45. The van der Waals surface area contributed by atoms with Gasteiger partial charge in [0.15, 0.2) is 5.65 Å². The highest BCUT2D eigenvalue weighted by Crippen LogP contribution is 2.24. The molecule has 1 aliphatic heterocycles. The van der Waals surface area contributed by atoms with E-state index in [1.165, 1.54) is 12.8 Å². The molecule has 2 aromatic rings. The molecule has 3 rings (SSSR count). The molecule has 2 aromatic heterocycles. The third kappa shape index (κ3) is 2.12. The third-order valence-corrected chi connectivity index (χ3v) is 3.50. The fraction of sp³-hybridized carbons (Fsp3) is 0.455. The van der Waals surface area contributed by atoms with Gasteiger partial charge in [-0.3, -0.25) is 0 Å². The molecule has 1 aliphatic rings. The molecule has 0 saturated carbocycles. The van der Waals surface area contributed by atoms with Crippen LogP contribution in [-0.2, 0) is 0 Å². The number of nitrogens with one attached hydrogen (secondary N) is 1. The number of piperidine rings is 1. The summed E-state index contributed by atoms with van der Waals surface area (Å²) in [5, 5.41) is 8.81. The Hall–Kier alpha value is -0.840. The van der Waals surface area contributed by atoms with Crippen LogP contribution in [0.15, 0.2) is 12.1 Å². The van der Waals surface area contributed by atoms with E-state index in [4.69, 9.17) is 23.2 Å². The minimum absolute atomic E-state index is 0.306. The van der Waals surface area contributed by atoms with Crippen molar-refractivity contribution >= 4 is 28.8 Å². The summed E-state index contributed by atoms with van der Waals surface area (Å²) in [6.45, 7) is 1.04. The molecular weight excluding hydrogens is 259 g/mol. The van der Waals surface area contributed by atoms with E-state index >= 15 is 0 Å². The zero-order chi connectivity index (χ0) is 11.8. The molecule has 90 valence electrons. The Morgan fingerprint density at radius 3 is 2.94 bits per heavy atom. The molecule has 0 radical (unpaired) electrons. The number of halogens is 2. The van der Waals surface area contributed by atoms with Crippen molar-refractivity contribution in [2.45, 2.75) is 25.3 Å². The fourth-order valence-electron chi connectivity index (χ4n) is 2.20. The van der Waals surface area contributed by atoms with E-state index in [2.05, 4.69) is 15.4 Å². The van der Waals surface area contributed by atoms with Crippen molar-refractivity contribution < 1.29 is 0 Å². The molecule has 0 amide bonds. The lowest BCUT2D eigenvalue weighted by molar-refractivity contribution is 0.404. The van der Waals surface area contributed by atoms with E-state index in [1.807, 2.05) is 6.07 Å². The summed E-state index contributed by atoms with van der Waals surface area (Å²) < 4.78 is 1.62. The lowest BCUT2D eigenvalue weighted by atomic mass is 10.0. The first-order chi connectivity index (χ1) is 8.24. The van der Waals surface area contributed by atoms with Crippen LogP contribution in [0.25, 0.3) is 5.65 Å². The predicted octanol–water partition coefficient (Wildman–Crippen LogP) is 2.85. The molecule has 4 nitrogen and oxygen atoms in total. The zero-order valence-corrected chi connectivity index (χ0v) is 10.7. The van der Waals surface area contributed by atoms with Crippen LogP contribution in [-0.4, -0.2) is 21.1 Å². The Labute approximate surface area is 109 Å². The molecule has 1 saturated heterocycles. The summed E-state index contributed by atoms with van der Waals surface area (Å²) in [6, 6.07) is 3.85. The van der Waals surface area contributed by atoms with Crippen molar-refractivity contribution in [1.82, 2.24) is 19.9 Å². The van der Waals surface area contributed by atoms with Gasteiger partial charge in [-0.15, -0.1) is 0 Å². The van der Waals surface area contributed by atoms with Crippen molar-refractivity contribution in [1.29, 1.82) is 0 Å². The number of fused-ring (bicyclic) bond motifs is 1. The monoisotopic (exact) mass is 270 g/mol. The molecule has 1 N–H and O–H groups in total. The van der Waals surface area contributed by atoms with E-state index in [9.17, 15) is 0 Å². The maximum Gasteiger partial charge on any atom is 0.158 e. The van der Waals surface area contributed by atoms with Gasteiger partial charge in [0.1, 0.15) is 10.3 Å². The summed E-state index contributed by atoms with van der Waals surface area (Å²) in [6.07, 6.45) is 3.57. The van der Waals surface area contributed by atoms with E-state index < -0.39 is 0 Å². The Balaban J connectivity index is 2.03. The molecule has 1 fully saturated rings. The van der Waals surface area contributed by atoms with E-state index in [1.54, 1.807) is 10.6 Å². The van der Waals surface area contributed by atoms with Crippen LogP contribution in [0.1, 0.15) is 31.0 Å². The highest BCUT2D eigenvalue weighted by atomic mass is 35.5. The molecule has 0 spiro atoms. The predicted molar refractivity (Wildman–Crippen MR) is 67.6 cm³/mol. The van der Waals surface area contributed by atoms with Crippen molar-refractivity contribution in [3.63, 3.8) is 0 Å². The number of hydrogen-bond donors (Lipinski definition) is 1. The summed E-state index contributed by atoms with van der Waals surface area (Å²) in [5.74, 6) is 0. The largest absolute Gasteiger partial charge is 0.309 e. The molecule has 0 bridgehead atoms. The second kappa shape index (κ2) is 4.44. The van der Waals surface area contributed by atoms with Crippen molar-refractivity contribution in [2.75, 3.05) is 6.54 Å². The highest BCUT2D eigenvalue weighted by Gasteiger charge is 2.18. The number of rotatable bonds is 1. The lowest BCUT2D eigenvalue weighted by Gasteiger charge is -2.21. The number of nitrogens with zero attached hydrogens (tertiary/aromatic N) is 3. The number of hydrogen-bond acceptors (Lipinski definition) is 3. The quantitative estimate of drug-likeness (QED) is 0.811. The van der Waals surface area contributed by atoms with Crippen molar-refractivity contribution in [3.8, 4) is 0 Å². The summed E-state index contributed by atoms with van der Waals surface area (Å²) >= 11 is 11.9. The van der Waals surface area contributed by atoms with Crippen LogP contribution >= 0.6 is 23.2 Å². The topological polar surface area (TPSA) is 42.2 Å². The summed E-state index contributed by atoms with van der Waals surface area (Å²) in [7, 11) is 0. The Bertz CT molecular complexity index is 546. The SMILES string of the molecule is Clc1cc(Cl)n2nc([C@@H]3CCCCN3)cc2n1. The van der Waals surface area contributed by atoms with Gasteiger partial charge in [0.25, 0.3) is 0 Å². The van der Waals surface area contributed by atoms with Gasteiger partial charge in [0.2, 0.25) is 0 Å². The Morgan fingerprint density at radius 1 is 1.29 bits per heavy atom. The summed E-state index contributed by atoms with van der Waals surface area (Å²) in [4.78, 5) is 4.21. The van der Waals surface area contributed by atoms with Gasteiger partial charge in [0.05, 0.1) is 11.7 Å². The second-order valence-electron chi connectivity index (χ2n) is 4.24. The van der Waals surface area contributed by atoms with E-state index in [0.29, 0.717) is 22.0 Å². The average molecular weight is 271 g/mol. The lowest BCUT2D eigenvalue weighted by Crippen LogP contribution is -2.27. The molecule has 0 aromatic carbocycles. The second-order valence-corrected chi connectivity index (χ2v) is 5.02. The maximum atomic E-state index is 6.07. The van der Waals surface area contributed by atoms with Gasteiger partial charge in [0, 0.05) is 12.1 Å². The van der Waals surface area contributed by atoms with Gasteiger partial charge < -0.3 is 5.32 Å². The minimum atomic E-state index is 0.306.